The zero-order valence-electron chi connectivity index (χ0n) is 20.7. The summed E-state index contributed by atoms with van der Waals surface area (Å²) in [6.45, 7) is 5.22. The molecule has 1 aliphatic rings. The number of benzene rings is 1. The Hall–Kier alpha value is -3.01. The lowest BCUT2D eigenvalue weighted by Gasteiger charge is -2.27. The van der Waals surface area contributed by atoms with Crippen LogP contribution in [-0.2, 0) is 16.1 Å². The minimum Gasteiger partial charge on any atom is -0.454 e. The highest BCUT2D eigenvalue weighted by Gasteiger charge is 2.22. The third-order valence-electron chi connectivity index (χ3n) is 5.63. The molecule has 37 heavy (non-hydrogen) atoms. The monoisotopic (exact) mass is 641 g/mol. The number of anilines is 1. The predicted octanol–water partition coefficient (Wildman–Crippen LogP) is 3.27. The number of carbonyl (C=O) groups is 2. The Morgan fingerprint density at radius 3 is 2.78 bits per heavy atom. The normalized spacial score (nSPS) is 12.2. The number of nitrogens with one attached hydrogen (secondary N) is 1. The van der Waals surface area contributed by atoms with Crippen molar-refractivity contribution in [1.82, 2.24) is 29.7 Å². The number of imidazole rings is 1. The van der Waals surface area contributed by atoms with Crippen LogP contribution in [0.25, 0.3) is 11.2 Å². The molecule has 2 aromatic heterocycles. The number of amides is 2. The first kappa shape index (κ1) is 27.0. The molecule has 1 aliphatic heterocycles. The molecule has 0 spiro atoms. The fourth-order valence-electron chi connectivity index (χ4n) is 3.81. The third-order valence-corrected chi connectivity index (χ3v) is 7.94. The number of halogens is 1. The number of aryl methyl sites for hydroxylation is 1. The van der Waals surface area contributed by atoms with Gasteiger partial charge in [0.15, 0.2) is 33.6 Å². The topological polar surface area (TPSA) is 147 Å². The highest BCUT2D eigenvalue weighted by molar-refractivity contribution is 14.1. The molecule has 0 fully saturated rings. The van der Waals surface area contributed by atoms with Gasteiger partial charge in [0, 0.05) is 34.6 Å². The van der Waals surface area contributed by atoms with Crippen LogP contribution in [-0.4, -0.2) is 69.5 Å². The van der Waals surface area contributed by atoms with Crippen molar-refractivity contribution >= 4 is 63.3 Å². The van der Waals surface area contributed by atoms with E-state index in [4.69, 9.17) is 24.9 Å². The highest BCUT2D eigenvalue weighted by atomic mass is 127. The number of nitrogens with zero attached hydrogens (tertiary/aromatic N) is 5. The zero-order valence-corrected chi connectivity index (χ0v) is 23.7. The second-order valence-corrected chi connectivity index (χ2v) is 10.6. The second-order valence-electron chi connectivity index (χ2n) is 8.39. The maximum absolute atomic E-state index is 12.8. The van der Waals surface area contributed by atoms with E-state index in [9.17, 15) is 9.59 Å². The highest BCUT2D eigenvalue weighted by Crippen LogP contribution is 2.41. The first-order valence-electron chi connectivity index (χ1n) is 11.7. The van der Waals surface area contributed by atoms with Crippen molar-refractivity contribution in [2.24, 2.45) is 0 Å². The Kier molecular flexibility index (Phi) is 8.79. The number of hydrogen-bond acceptors (Lipinski definition) is 10. The molecular weight excluding hydrogens is 613 g/mol. The summed E-state index contributed by atoms with van der Waals surface area (Å²) < 4.78 is 19.0. The van der Waals surface area contributed by atoms with Crippen LogP contribution in [0.5, 0.6) is 11.5 Å². The average Bonchev–Trinajstić information content (AvgIpc) is 3.46. The SMILES string of the molecule is CNC(=O)OCCC(=O)N(CCCn1c(Sc2cc3c(cc2I)OCO3)nc2c(N)ncnc21)C(C)C. The molecule has 14 heteroatoms. The second kappa shape index (κ2) is 12.0. The first-order chi connectivity index (χ1) is 17.8. The van der Waals surface area contributed by atoms with Crippen molar-refractivity contribution in [1.29, 1.82) is 0 Å². The lowest BCUT2D eigenvalue weighted by atomic mass is 10.2. The Morgan fingerprint density at radius 2 is 2.05 bits per heavy atom. The average molecular weight is 641 g/mol. The molecule has 0 saturated heterocycles. The summed E-state index contributed by atoms with van der Waals surface area (Å²) in [5.74, 6) is 1.64. The number of fused-ring (bicyclic) bond motifs is 2. The Morgan fingerprint density at radius 1 is 1.30 bits per heavy atom. The lowest BCUT2D eigenvalue weighted by molar-refractivity contribution is -0.133. The minimum atomic E-state index is -0.556. The molecule has 3 N–H and O–H groups in total. The van der Waals surface area contributed by atoms with Gasteiger partial charge in [-0.2, -0.15) is 0 Å². The molecular formula is C23H28IN7O5S. The molecule has 0 radical (unpaired) electrons. The fourth-order valence-corrected chi connectivity index (χ4v) is 5.52. The van der Waals surface area contributed by atoms with E-state index >= 15 is 0 Å². The van der Waals surface area contributed by atoms with Gasteiger partial charge in [-0.25, -0.2) is 19.7 Å². The van der Waals surface area contributed by atoms with Crippen molar-refractivity contribution < 1.29 is 23.8 Å². The van der Waals surface area contributed by atoms with Crippen LogP contribution in [0, 0.1) is 3.57 Å². The fraction of sp³-hybridized carbons (Fsp3) is 0.435. The van der Waals surface area contributed by atoms with Gasteiger partial charge in [-0.05, 0) is 55.0 Å². The zero-order chi connectivity index (χ0) is 26.5. The van der Waals surface area contributed by atoms with E-state index in [-0.39, 0.29) is 31.8 Å². The van der Waals surface area contributed by atoms with Crippen LogP contribution in [0.15, 0.2) is 28.5 Å². The van der Waals surface area contributed by atoms with E-state index < -0.39 is 6.09 Å². The molecule has 0 unspecified atom stereocenters. The smallest absolute Gasteiger partial charge is 0.406 e. The number of nitrogens with two attached hydrogens (primary N) is 1. The molecule has 12 nitrogen and oxygen atoms in total. The van der Waals surface area contributed by atoms with Gasteiger partial charge in [0.05, 0.1) is 6.42 Å². The van der Waals surface area contributed by atoms with Gasteiger partial charge in [-0.15, -0.1) is 0 Å². The predicted molar refractivity (Wildman–Crippen MR) is 146 cm³/mol. The van der Waals surface area contributed by atoms with Gasteiger partial charge in [-0.3, -0.25) is 4.79 Å². The van der Waals surface area contributed by atoms with E-state index in [1.807, 2.05) is 30.5 Å². The summed E-state index contributed by atoms with van der Waals surface area (Å²) in [4.78, 5) is 40.0. The molecule has 0 aliphatic carbocycles. The molecule has 3 heterocycles. The maximum Gasteiger partial charge on any atom is 0.406 e. The van der Waals surface area contributed by atoms with Gasteiger partial charge in [0.25, 0.3) is 0 Å². The molecule has 0 atom stereocenters. The van der Waals surface area contributed by atoms with Crippen LogP contribution in [0.1, 0.15) is 26.7 Å². The van der Waals surface area contributed by atoms with Crippen LogP contribution in [0.4, 0.5) is 10.6 Å². The summed E-state index contributed by atoms with van der Waals surface area (Å²) in [6, 6.07) is 3.87. The van der Waals surface area contributed by atoms with Gasteiger partial charge < -0.3 is 34.7 Å². The Balaban J connectivity index is 1.51. The van der Waals surface area contributed by atoms with E-state index in [1.165, 1.54) is 25.1 Å². The number of hydrogen-bond donors (Lipinski definition) is 2. The lowest BCUT2D eigenvalue weighted by Crippen LogP contribution is -2.38. The minimum absolute atomic E-state index is 0.00550. The molecule has 3 aromatic rings. The van der Waals surface area contributed by atoms with Crippen molar-refractivity contribution in [3.8, 4) is 11.5 Å². The van der Waals surface area contributed by atoms with Gasteiger partial charge in [-0.1, -0.05) is 11.8 Å². The maximum atomic E-state index is 12.8. The number of carbonyl (C=O) groups excluding carboxylic acids is 2. The Bertz CT molecular complexity index is 1300. The van der Waals surface area contributed by atoms with Crippen LogP contribution in [0.2, 0.25) is 0 Å². The number of alkyl carbamates (subject to hydrolysis) is 1. The van der Waals surface area contributed by atoms with Crippen LogP contribution < -0.4 is 20.5 Å². The van der Waals surface area contributed by atoms with Gasteiger partial charge in [0.1, 0.15) is 12.9 Å². The summed E-state index contributed by atoms with van der Waals surface area (Å²) >= 11 is 3.74. The van der Waals surface area contributed by atoms with Crippen molar-refractivity contribution in [2.45, 2.75) is 49.3 Å². The van der Waals surface area contributed by atoms with E-state index in [0.29, 0.717) is 47.4 Å². The van der Waals surface area contributed by atoms with Crippen LogP contribution in [0.3, 0.4) is 0 Å². The molecule has 198 valence electrons. The molecule has 0 bridgehead atoms. The summed E-state index contributed by atoms with van der Waals surface area (Å²) in [5.41, 5.74) is 7.27. The largest absolute Gasteiger partial charge is 0.454 e. The van der Waals surface area contributed by atoms with E-state index in [2.05, 4.69) is 37.9 Å². The molecule has 2 amide bonds. The quantitative estimate of drug-likeness (QED) is 0.316. The summed E-state index contributed by atoms with van der Waals surface area (Å²) in [6.07, 6.45) is 1.64. The van der Waals surface area contributed by atoms with Crippen molar-refractivity contribution in [3.63, 3.8) is 0 Å². The number of rotatable bonds is 10. The molecule has 0 saturated carbocycles. The van der Waals surface area contributed by atoms with E-state index in [1.54, 1.807) is 4.90 Å². The van der Waals surface area contributed by atoms with Gasteiger partial charge >= 0.3 is 6.09 Å². The summed E-state index contributed by atoms with van der Waals surface area (Å²) in [5, 5.41) is 3.08. The van der Waals surface area contributed by atoms with E-state index in [0.717, 1.165) is 14.2 Å². The summed E-state index contributed by atoms with van der Waals surface area (Å²) in [7, 11) is 1.48. The molecule has 4 rings (SSSR count). The molecule has 1 aromatic carbocycles. The third kappa shape index (κ3) is 6.29. The van der Waals surface area contributed by atoms with Crippen molar-refractivity contribution in [2.75, 3.05) is 32.7 Å². The van der Waals surface area contributed by atoms with Gasteiger partial charge in [0.2, 0.25) is 12.7 Å². The number of nitrogen functional groups attached to an aromatic ring is 1. The first-order valence-corrected chi connectivity index (χ1v) is 13.6. The van der Waals surface area contributed by atoms with Crippen LogP contribution >= 0.6 is 34.4 Å². The van der Waals surface area contributed by atoms with Crippen molar-refractivity contribution in [3.05, 3.63) is 22.0 Å². The standard InChI is InChI=1S/C23H28IN7O5S/c1-13(2)30(18(32)5-8-34-23(33)26-3)6-4-7-31-21-19(20(25)27-11-28-21)29-22(31)37-17-10-16-15(9-14(17)24)35-12-36-16/h9-11,13H,4-8,12H2,1-3H3,(H,26,33)(H2,25,27,28). The number of ether oxygens (including phenoxy) is 3. The number of aromatic nitrogens is 4. The Labute approximate surface area is 231 Å².